The van der Waals surface area contributed by atoms with Crippen LogP contribution in [0.2, 0.25) is 0 Å². The summed E-state index contributed by atoms with van der Waals surface area (Å²) in [6, 6.07) is -0.482. The molecule has 0 saturated heterocycles. The highest BCUT2D eigenvalue weighted by Crippen LogP contribution is 1.94. The summed E-state index contributed by atoms with van der Waals surface area (Å²) in [7, 11) is -3.95. The van der Waals surface area contributed by atoms with Crippen LogP contribution in [0.5, 0.6) is 0 Å². The summed E-state index contributed by atoms with van der Waals surface area (Å²) < 4.78 is 28.8. The fourth-order valence-electron chi connectivity index (χ4n) is 0.651. The molecule has 0 aliphatic rings. The minimum Gasteiger partial charge on any atom is -0.354 e. The van der Waals surface area contributed by atoms with Gasteiger partial charge in [-0.05, 0) is 13.3 Å². The summed E-state index contributed by atoms with van der Waals surface area (Å²) in [6.45, 7) is 4.78. The molecular weight excluding hydrogens is 182 g/mol. The number of carbonyl (C=O) groups excluding carboxylic acids is 1. The molecule has 0 aromatic carbocycles. The standard InChI is InChI=1S/C6H12NO4S/c1-5(7-6(2)8)3-4-12(9,10)11/h5H,1,3-4H2,2H3,(H,7,8)(H,9,10,11). The predicted octanol–water partition coefficient (Wildman–Crippen LogP) is -0.397. The predicted molar refractivity (Wildman–Crippen MR) is 44.0 cm³/mol. The molecule has 0 bridgehead atoms. The van der Waals surface area contributed by atoms with Gasteiger partial charge in [0.2, 0.25) is 5.91 Å². The fraction of sp³-hybridized carbons (Fsp3) is 0.667. The van der Waals surface area contributed by atoms with Crippen LogP contribution in [-0.2, 0) is 14.9 Å². The Morgan fingerprint density at radius 3 is 2.50 bits per heavy atom. The zero-order chi connectivity index (χ0) is 9.78. The smallest absolute Gasteiger partial charge is 0.264 e. The van der Waals surface area contributed by atoms with Crippen molar-refractivity contribution in [2.45, 2.75) is 19.4 Å². The summed E-state index contributed by atoms with van der Waals surface area (Å²) in [5.41, 5.74) is 0. The molecule has 1 radical (unpaired) electrons. The van der Waals surface area contributed by atoms with E-state index >= 15 is 0 Å². The van der Waals surface area contributed by atoms with E-state index < -0.39 is 16.2 Å². The van der Waals surface area contributed by atoms with E-state index in [0.29, 0.717) is 0 Å². The Kier molecular flexibility index (Phi) is 4.19. The molecule has 0 rings (SSSR count). The molecule has 6 heteroatoms. The third-order valence-corrected chi connectivity index (χ3v) is 1.88. The molecule has 0 aliphatic carbocycles. The van der Waals surface area contributed by atoms with Gasteiger partial charge in [-0.25, -0.2) is 0 Å². The average molecular weight is 194 g/mol. The van der Waals surface area contributed by atoms with Gasteiger partial charge in [0.15, 0.2) is 0 Å². The molecule has 0 spiro atoms. The molecule has 5 nitrogen and oxygen atoms in total. The Labute approximate surface area is 71.9 Å². The Hall–Kier alpha value is -0.620. The molecule has 0 aliphatic heterocycles. The Morgan fingerprint density at radius 1 is 1.67 bits per heavy atom. The first-order chi connectivity index (χ1) is 5.31. The van der Waals surface area contributed by atoms with Gasteiger partial charge in [-0.1, -0.05) is 0 Å². The number of amides is 1. The van der Waals surface area contributed by atoms with Gasteiger partial charge in [0.1, 0.15) is 0 Å². The number of nitrogens with one attached hydrogen (secondary N) is 1. The van der Waals surface area contributed by atoms with E-state index in [-0.39, 0.29) is 18.1 Å². The SMILES string of the molecule is [CH2]C(CCS(=O)(=O)O)NC(C)=O. The first-order valence-corrected chi connectivity index (χ1v) is 4.97. The van der Waals surface area contributed by atoms with Gasteiger partial charge in [0, 0.05) is 13.0 Å². The lowest BCUT2D eigenvalue weighted by atomic mass is 10.2. The average Bonchev–Trinajstić information content (AvgIpc) is 1.80. The maximum absolute atomic E-state index is 10.4. The second-order valence-corrected chi connectivity index (χ2v) is 4.04. The minimum absolute atomic E-state index is 0.110. The van der Waals surface area contributed by atoms with E-state index in [2.05, 4.69) is 12.2 Å². The van der Waals surface area contributed by atoms with E-state index in [4.69, 9.17) is 4.55 Å². The van der Waals surface area contributed by atoms with Gasteiger partial charge < -0.3 is 5.32 Å². The number of hydrogen-bond acceptors (Lipinski definition) is 3. The second kappa shape index (κ2) is 4.42. The lowest BCUT2D eigenvalue weighted by molar-refractivity contribution is -0.119. The summed E-state index contributed by atoms with van der Waals surface area (Å²) >= 11 is 0. The molecule has 0 aromatic rings. The highest BCUT2D eigenvalue weighted by Gasteiger charge is 2.09. The third kappa shape index (κ3) is 7.49. The lowest BCUT2D eigenvalue weighted by Gasteiger charge is -2.09. The normalized spacial score (nSPS) is 13.9. The molecule has 0 saturated carbocycles. The number of carbonyl (C=O) groups is 1. The number of rotatable bonds is 4. The molecule has 12 heavy (non-hydrogen) atoms. The summed E-state index contributed by atoms with van der Waals surface area (Å²) in [5.74, 6) is -0.660. The van der Waals surface area contributed by atoms with E-state index in [0.717, 1.165) is 0 Å². The topological polar surface area (TPSA) is 83.5 Å². The monoisotopic (exact) mass is 194 g/mol. The van der Waals surface area contributed by atoms with Crippen molar-refractivity contribution >= 4 is 16.0 Å². The summed E-state index contributed by atoms with van der Waals surface area (Å²) in [4.78, 5) is 10.4. The van der Waals surface area contributed by atoms with Crippen molar-refractivity contribution in [2.75, 3.05) is 5.75 Å². The van der Waals surface area contributed by atoms with E-state index in [9.17, 15) is 13.2 Å². The van der Waals surface area contributed by atoms with Gasteiger partial charge in [0.05, 0.1) is 5.75 Å². The fourth-order valence-corrected chi connectivity index (χ4v) is 1.23. The van der Waals surface area contributed by atoms with Crippen LogP contribution in [0, 0.1) is 6.92 Å². The van der Waals surface area contributed by atoms with E-state index in [1.54, 1.807) is 0 Å². The Morgan fingerprint density at radius 2 is 2.17 bits per heavy atom. The summed E-state index contributed by atoms with van der Waals surface area (Å²) in [6.07, 6.45) is 0.110. The highest BCUT2D eigenvalue weighted by molar-refractivity contribution is 7.85. The third-order valence-electron chi connectivity index (χ3n) is 1.13. The van der Waals surface area contributed by atoms with Gasteiger partial charge >= 0.3 is 0 Å². The molecule has 0 aromatic heterocycles. The van der Waals surface area contributed by atoms with E-state index in [1.165, 1.54) is 6.92 Å². The van der Waals surface area contributed by atoms with Crippen molar-refractivity contribution in [1.29, 1.82) is 0 Å². The van der Waals surface area contributed by atoms with Gasteiger partial charge in [-0.2, -0.15) is 8.42 Å². The molecule has 71 valence electrons. The minimum atomic E-state index is -3.95. The van der Waals surface area contributed by atoms with Crippen molar-refractivity contribution in [3.8, 4) is 0 Å². The van der Waals surface area contributed by atoms with Gasteiger partial charge in [-0.3, -0.25) is 9.35 Å². The molecular formula is C6H12NO4S. The molecule has 1 unspecified atom stereocenters. The summed E-state index contributed by atoms with van der Waals surface area (Å²) in [5, 5.41) is 2.39. The molecule has 0 heterocycles. The number of hydrogen-bond donors (Lipinski definition) is 2. The molecule has 1 atom stereocenters. The van der Waals surface area contributed by atoms with Crippen molar-refractivity contribution in [3.05, 3.63) is 6.92 Å². The largest absolute Gasteiger partial charge is 0.354 e. The molecule has 0 fully saturated rings. The van der Waals surface area contributed by atoms with Crippen LogP contribution in [0.4, 0.5) is 0 Å². The van der Waals surface area contributed by atoms with Crippen molar-refractivity contribution in [1.82, 2.24) is 5.32 Å². The lowest BCUT2D eigenvalue weighted by Crippen LogP contribution is -2.32. The second-order valence-electron chi connectivity index (χ2n) is 2.47. The van der Waals surface area contributed by atoms with Crippen LogP contribution in [0.25, 0.3) is 0 Å². The van der Waals surface area contributed by atoms with Crippen molar-refractivity contribution < 1.29 is 17.8 Å². The first-order valence-electron chi connectivity index (χ1n) is 3.36. The zero-order valence-electron chi connectivity index (χ0n) is 6.78. The van der Waals surface area contributed by atoms with Crippen LogP contribution >= 0.6 is 0 Å². The maximum Gasteiger partial charge on any atom is 0.264 e. The zero-order valence-corrected chi connectivity index (χ0v) is 7.60. The van der Waals surface area contributed by atoms with Crippen LogP contribution < -0.4 is 5.32 Å². The van der Waals surface area contributed by atoms with Gasteiger partial charge in [0.25, 0.3) is 10.1 Å². The van der Waals surface area contributed by atoms with Crippen LogP contribution in [0.3, 0.4) is 0 Å². The Balaban J connectivity index is 3.72. The first kappa shape index (κ1) is 11.4. The van der Waals surface area contributed by atoms with Gasteiger partial charge in [-0.15, -0.1) is 0 Å². The van der Waals surface area contributed by atoms with Crippen molar-refractivity contribution in [3.63, 3.8) is 0 Å². The molecule has 2 N–H and O–H groups in total. The Bertz CT molecular complexity index is 246. The highest BCUT2D eigenvalue weighted by atomic mass is 32.2. The molecule has 1 amide bonds. The van der Waals surface area contributed by atoms with E-state index in [1.807, 2.05) is 0 Å². The quantitative estimate of drug-likeness (QED) is 0.597. The van der Waals surface area contributed by atoms with Crippen LogP contribution in [-0.4, -0.2) is 30.7 Å². The maximum atomic E-state index is 10.4. The van der Waals surface area contributed by atoms with Crippen LogP contribution in [0.15, 0.2) is 0 Å². The van der Waals surface area contributed by atoms with Crippen molar-refractivity contribution in [2.24, 2.45) is 0 Å². The van der Waals surface area contributed by atoms with Crippen LogP contribution in [0.1, 0.15) is 13.3 Å².